The third-order valence-corrected chi connectivity index (χ3v) is 4.61. The van der Waals surface area contributed by atoms with Crippen LogP contribution in [0, 0.1) is 15.5 Å². The van der Waals surface area contributed by atoms with Gasteiger partial charge in [-0.15, -0.1) is 0 Å². The van der Waals surface area contributed by atoms with Gasteiger partial charge in [-0.2, -0.15) is 0 Å². The van der Waals surface area contributed by atoms with Gasteiger partial charge in [0.1, 0.15) is 6.54 Å². The van der Waals surface area contributed by atoms with Crippen LogP contribution in [-0.4, -0.2) is 44.5 Å². The monoisotopic (exact) mass is 331 g/mol. The summed E-state index contributed by atoms with van der Waals surface area (Å²) in [5.41, 5.74) is -0.160. The Morgan fingerprint density at radius 3 is 2.75 bits per heavy atom. The zero-order valence-corrected chi connectivity index (χ0v) is 13.1. The number of amides is 1. The number of likely N-dealkylation sites (tertiary alicyclic amines) is 1. The Labute approximate surface area is 137 Å². The van der Waals surface area contributed by atoms with Crippen molar-refractivity contribution in [3.8, 4) is 0 Å². The van der Waals surface area contributed by atoms with Crippen LogP contribution in [0.15, 0.2) is 30.5 Å². The maximum absolute atomic E-state index is 12.4. The van der Waals surface area contributed by atoms with Gasteiger partial charge in [0.2, 0.25) is 5.91 Å². The number of non-ortho nitro benzene ring substituents is 1. The molecule has 1 amide bonds. The zero-order chi connectivity index (χ0) is 17.5. The number of aliphatic carboxylic acids is 1. The number of carbonyl (C=O) groups excluding carboxylic acids is 1. The van der Waals surface area contributed by atoms with Crippen LogP contribution in [0.2, 0.25) is 0 Å². The molecule has 0 bridgehead atoms. The Morgan fingerprint density at radius 2 is 2.12 bits per heavy atom. The maximum Gasteiger partial charge on any atom is 0.311 e. The molecule has 1 N–H and O–H groups in total. The fourth-order valence-electron chi connectivity index (χ4n) is 3.03. The highest BCUT2D eigenvalue weighted by Gasteiger charge is 2.42. The summed E-state index contributed by atoms with van der Waals surface area (Å²) in [5, 5.41) is 20.7. The Hall–Kier alpha value is -2.90. The van der Waals surface area contributed by atoms with Crippen molar-refractivity contribution >= 4 is 28.5 Å². The lowest BCUT2D eigenvalue weighted by molar-refractivity contribution is -0.384. The molecule has 8 nitrogen and oxygen atoms in total. The fraction of sp³-hybridized carbons (Fsp3) is 0.375. The predicted octanol–water partition coefficient (Wildman–Crippen LogP) is 1.87. The molecule has 1 saturated heterocycles. The number of carbonyl (C=O) groups is 2. The molecule has 1 aromatic heterocycles. The Kier molecular flexibility index (Phi) is 3.75. The Morgan fingerprint density at radius 1 is 1.38 bits per heavy atom. The second kappa shape index (κ2) is 5.63. The van der Waals surface area contributed by atoms with E-state index in [1.54, 1.807) is 34.7 Å². The molecule has 1 aliphatic heterocycles. The van der Waals surface area contributed by atoms with Crippen LogP contribution in [0.1, 0.15) is 13.3 Å². The minimum absolute atomic E-state index is 0.00310. The minimum Gasteiger partial charge on any atom is -0.481 e. The summed E-state index contributed by atoms with van der Waals surface area (Å²) >= 11 is 0. The first-order chi connectivity index (χ1) is 11.3. The summed E-state index contributed by atoms with van der Waals surface area (Å²) in [7, 11) is 0. The number of nitrogens with zero attached hydrogens (tertiary/aromatic N) is 3. The Bertz CT molecular complexity index is 843. The number of hydrogen-bond donors (Lipinski definition) is 1. The van der Waals surface area contributed by atoms with E-state index in [1.165, 1.54) is 12.1 Å². The normalized spacial score (nSPS) is 20.5. The van der Waals surface area contributed by atoms with Crippen molar-refractivity contribution < 1.29 is 19.6 Å². The van der Waals surface area contributed by atoms with Crippen molar-refractivity contribution in [2.75, 3.05) is 13.1 Å². The van der Waals surface area contributed by atoms with Crippen molar-refractivity contribution in [1.29, 1.82) is 0 Å². The molecule has 1 unspecified atom stereocenters. The number of nitro groups is 1. The maximum atomic E-state index is 12.4. The van der Waals surface area contributed by atoms with E-state index >= 15 is 0 Å². The molecular formula is C16H17N3O5. The SMILES string of the molecule is CC1(C(=O)O)CCN(C(=O)Cn2ccc3cc([N+](=O)[O-])ccc32)C1. The number of hydrogen-bond acceptors (Lipinski definition) is 4. The number of carboxylic acid groups (broad SMARTS) is 1. The van der Waals surface area contributed by atoms with E-state index in [1.807, 2.05) is 0 Å². The van der Waals surface area contributed by atoms with Gasteiger partial charge in [0, 0.05) is 42.3 Å². The van der Waals surface area contributed by atoms with E-state index in [9.17, 15) is 24.8 Å². The van der Waals surface area contributed by atoms with Crippen LogP contribution in [0.5, 0.6) is 0 Å². The second-order valence-corrected chi connectivity index (χ2v) is 6.37. The lowest BCUT2D eigenvalue weighted by Gasteiger charge is -2.20. The molecule has 1 atom stereocenters. The van der Waals surface area contributed by atoms with Gasteiger partial charge in [0.15, 0.2) is 0 Å². The molecule has 24 heavy (non-hydrogen) atoms. The van der Waals surface area contributed by atoms with Gasteiger partial charge in [0.05, 0.1) is 10.3 Å². The van der Waals surface area contributed by atoms with Crippen LogP contribution >= 0.6 is 0 Å². The number of fused-ring (bicyclic) bond motifs is 1. The van der Waals surface area contributed by atoms with E-state index in [2.05, 4.69) is 0 Å². The van der Waals surface area contributed by atoms with Gasteiger partial charge in [-0.25, -0.2) is 0 Å². The molecule has 0 radical (unpaired) electrons. The van der Waals surface area contributed by atoms with Crippen LogP contribution in [0.25, 0.3) is 10.9 Å². The highest BCUT2D eigenvalue weighted by atomic mass is 16.6. The van der Waals surface area contributed by atoms with E-state index < -0.39 is 16.3 Å². The van der Waals surface area contributed by atoms with Gasteiger partial charge in [-0.1, -0.05) is 0 Å². The van der Waals surface area contributed by atoms with Crippen LogP contribution in [0.4, 0.5) is 5.69 Å². The molecule has 1 aromatic carbocycles. The quantitative estimate of drug-likeness (QED) is 0.680. The fourth-order valence-corrected chi connectivity index (χ4v) is 3.03. The average molecular weight is 331 g/mol. The molecule has 1 aliphatic rings. The molecular weight excluding hydrogens is 314 g/mol. The first kappa shape index (κ1) is 16.0. The molecule has 126 valence electrons. The van der Waals surface area contributed by atoms with Gasteiger partial charge in [0.25, 0.3) is 5.69 Å². The van der Waals surface area contributed by atoms with Gasteiger partial charge < -0.3 is 14.6 Å². The predicted molar refractivity (Wildman–Crippen MR) is 85.5 cm³/mol. The van der Waals surface area contributed by atoms with E-state index in [0.717, 1.165) is 5.52 Å². The Balaban J connectivity index is 1.77. The van der Waals surface area contributed by atoms with Crippen LogP contribution in [-0.2, 0) is 16.1 Å². The van der Waals surface area contributed by atoms with Crippen LogP contribution < -0.4 is 0 Å². The third-order valence-electron chi connectivity index (χ3n) is 4.61. The molecule has 2 heterocycles. The van der Waals surface area contributed by atoms with E-state index in [0.29, 0.717) is 18.4 Å². The largest absolute Gasteiger partial charge is 0.481 e. The smallest absolute Gasteiger partial charge is 0.311 e. The van der Waals surface area contributed by atoms with Crippen molar-refractivity contribution in [1.82, 2.24) is 9.47 Å². The summed E-state index contributed by atoms with van der Waals surface area (Å²) in [6.45, 7) is 2.35. The summed E-state index contributed by atoms with van der Waals surface area (Å²) in [6.07, 6.45) is 2.14. The van der Waals surface area contributed by atoms with Crippen molar-refractivity contribution in [3.63, 3.8) is 0 Å². The number of aromatic nitrogens is 1. The molecule has 0 aliphatic carbocycles. The number of benzene rings is 1. The summed E-state index contributed by atoms with van der Waals surface area (Å²) in [4.78, 5) is 35.6. The average Bonchev–Trinajstić information content (AvgIpc) is 3.12. The molecule has 0 saturated carbocycles. The van der Waals surface area contributed by atoms with E-state index in [4.69, 9.17) is 0 Å². The lowest BCUT2D eigenvalue weighted by atomic mass is 9.90. The van der Waals surface area contributed by atoms with Crippen molar-refractivity contribution in [3.05, 3.63) is 40.6 Å². The summed E-state index contributed by atoms with van der Waals surface area (Å²) in [5.74, 6) is -1.05. The van der Waals surface area contributed by atoms with Crippen molar-refractivity contribution in [2.45, 2.75) is 19.9 Å². The lowest BCUT2D eigenvalue weighted by Crippen LogP contribution is -2.36. The standard InChI is InChI=1S/C16H17N3O5/c1-16(15(21)22)5-7-18(10-16)14(20)9-17-6-4-11-8-12(19(23)24)2-3-13(11)17/h2-4,6,8H,5,7,9-10H2,1H3,(H,21,22). The highest BCUT2D eigenvalue weighted by molar-refractivity contribution is 5.85. The number of nitro benzene ring substituents is 1. The second-order valence-electron chi connectivity index (χ2n) is 6.37. The molecule has 0 spiro atoms. The molecule has 1 fully saturated rings. The van der Waals surface area contributed by atoms with Crippen molar-refractivity contribution in [2.24, 2.45) is 5.41 Å². The minimum atomic E-state index is -0.894. The first-order valence-corrected chi connectivity index (χ1v) is 7.55. The summed E-state index contributed by atoms with van der Waals surface area (Å²) < 4.78 is 1.72. The van der Waals surface area contributed by atoms with Gasteiger partial charge >= 0.3 is 5.97 Å². The molecule has 8 heteroatoms. The third kappa shape index (κ3) is 2.70. The number of carboxylic acids is 1. The van der Waals surface area contributed by atoms with E-state index in [-0.39, 0.29) is 24.7 Å². The van der Waals surface area contributed by atoms with Gasteiger partial charge in [-0.05, 0) is 25.5 Å². The molecule has 2 aromatic rings. The number of rotatable bonds is 4. The van der Waals surface area contributed by atoms with Gasteiger partial charge in [-0.3, -0.25) is 19.7 Å². The zero-order valence-electron chi connectivity index (χ0n) is 13.1. The van der Waals surface area contributed by atoms with Crippen LogP contribution in [0.3, 0.4) is 0 Å². The molecule has 3 rings (SSSR count). The first-order valence-electron chi connectivity index (χ1n) is 7.55. The topological polar surface area (TPSA) is 106 Å². The summed E-state index contributed by atoms with van der Waals surface area (Å²) in [6, 6.07) is 6.21. The highest BCUT2D eigenvalue weighted by Crippen LogP contribution is 2.30.